The van der Waals surface area contributed by atoms with E-state index in [-0.39, 0.29) is 5.41 Å². The Morgan fingerprint density at radius 3 is 2.78 bits per heavy atom. The van der Waals surface area contributed by atoms with Crippen LogP contribution in [0.25, 0.3) is 0 Å². The molecule has 2 saturated heterocycles. The van der Waals surface area contributed by atoms with Gasteiger partial charge in [-0.2, -0.15) is 11.8 Å². The Balaban J connectivity index is 2.32. The molecule has 0 aromatic rings. The fourth-order valence-corrected chi connectivity index (χ4v) is 4.97. The van der Waals surface area contributed by atoms with Crippen molar-refractivity contribution in [1.82, 2.24) is 10.2 Å². The van der Waals surface area contributed by atoms with E-state index in [9.17, 15) is 9.90 Å². The lowest BCUT2D eigenvalue weighted by molar-refractivity contribution is -0.159. The summed E-state index contributed by atoms with van der Waals surface area (Å²) in [6.07, 6.45) is 2.02. The van der Waals surface area contributed by atoms with E-state index in [0.29, 0.717) is 0 Å². The number of rotatable bonds is 2. The van der Waals surface area contributed by atoms with E-state index in [4.69, 9.17) is 0 Å². The van der Waals surface area contributed by atoms with Gasteiger partial charge in [-0.3, -0.25) is 9.69 Å². The molecule has 2 heterocycles. The summed E-state index contributed by atoms with van der Waals surface area (Å²) in [6, 6.07) is 0. The number of hydrogen-bond donors (Lipinski definition) is 2. The van der Waals surface area contributed by atoms with Crippen LogP contribution in [0.1, 0.15) is 26.7 Å². The summed E-state index contributed by atoms with van der Waals surface area (Å²) in [6.45, 7) is 7.88. The lowest BCUT2D eigenvalue weighted by atomic mass is 9.69. The molecule has 5 heteroatoms. The van der Waals surface area contributed by atoms with Crippen molar-refractivity contribution in [2.75, 3.05) is 37.7 Å². The molecule has 0 aliphatic carbocycles. The van der Waals surface area contributed by atoms with Gasteiger partial charge in [-0.05, 0) is 30.6 Å². The minimum absolute atomic E-state index is 0.158. The van der Waals surface area contributed by atoms with Crippen molar-refractivity contribution in [2.24, 2.45) is 5.41 Å². The molecule has 0 spiro atoms. The van der Waals surface area contributed by atoms with E-state index in [0.717, 1.165) is 50.5 Å². The summed E-state index contributed by atoms with van der Waals surface area (Å²) in [4.78, 5) is 14.3. The van der Waals surface area contributed by atoms with Gasteiger partial charge in [0, 0.05) is 25.4 Å². The zero-order valence-electron chi connectivity index (χ0n) is 11.4. The third kappa shape index (κ3) is 2.28. The third-order valence-electron chi connectivity index (χ3n) is 4.54. The molecule has 0 aromatic carbocycles. The molecule has 4 nitrogen and oxygen atoms in total. The zero-order chi connectivity index (χ0) is 13.2. The van der Waals surface area contributed by atoms with Crippen LogP contribution in [0.2, 0.25) is 0 Å². The SMILES string of the molecule is CC1(C)CCSCC1(C(=O)O)N1CCCNCC1. The number of carbonyl (C=O) groups is 1. The van der Waals surface area contributed by atoms with E-state index in [2.05, 4.69) is 24.1 Å². The van der Waals surface area contributed by atoms with E-state index >= 15 is 0 Å². The maximum Gasteiger partial charge on any atom is 0.325 e. The van der Waals surface area contributed by atoms with Gasteiger partial charge in [0.25, 0.3) is 0 Å². The fraction of sp³-hybridized carbons (Fsp3) is 0.923. The summed E-state index contributed by atoms with van der Waals surface area (Å²) < 4.78 is 0. The smallest absolute Gasteiger partial charge is 0.325 e. The van der Waals surface area contributed by atoms with E-state index in [1.807, 2.05) is 0 Å². The molecule has 0 saturated carbocycles. The maximum absolute atomic E-state index is 12.0. The van der Waals surface area contributed by atoms with Gasteiger partial charge in [-0.1, -0.05) is 13.8 Å². The second kappa shape index (κ2) is 5.39. The predicted molar refractivity (Wildman–Crippen MR) is 75.1 cm³/mol. The number of aliphatic carboxylic acids is 1. The first-order valence-corrected chi connectivity index (χ1v) is 7.93. The lowest BCUT2D eigenvalue weighted by Gasteiger charge is -2.52. The number of nitrogens with one attached hydrogen (secondary N) is 1. The van der Waals surface area contributed by atoms with E-state index in [1.165, 1.54) is 0 Å². The number of carboxylic acids is 1. The van der Waals surface area contributed by atoms with Crippen LogP contribution < -0.4 is 5.32 Å². The first kappa shape index (κ1) is 14.2. The number of hydrogen-bond acceptors (Lipinski definition) is 4. The van der Waals surface area contributed by atoms with Gasteiger partial charge in [0.1, 0.15) is 5.54 Å². The lowest BCUT2D eigenvalue weighted by Crippen LogP contribution is -2.67. The summed E-state index contributed by atoms with van der Waals surface area (Å²) in [5.41, 5.74) is -0.851. The summed E-state index contributed by atoms with van der Waals surface area (Å²) in [5.74, 6) is 1.16. The highest BCUT2D eigenvalue weighted by Crippen LogP contribution is 2.46. The van der Waals surface area contributed by atoms with Crippen LogP contribution in [0, 0.1) is 5.41 Å². The van der Waals surface area contributed by atoms with Crippen LogP contribution in [0.4, 0.5) is 0 Å². The maximum atomic E-state index is 12.0. The Bertz CT molecular complexity index is 314. The quantitative estimate of drug-likeness (QED) is 0.793. The Kier molecular flexibility index (Phi) is 4.24. The number of carboxylic acid groups (broad SMARTS) is 1. The standard InChI is InChI=1S/C13H24N2O2S/c1-12(2)4-9-18-10-13(12,11(16)17)15-7-3-5-14-6-8-15/h14H,3-10H2,1-2H3,(H,16,17). The van der Waals surface area contributed by atoms with Crippen LogP contribution in [-0.4, -0.2) is 59.2 Å². The van der Waals surface area contributed by atoms with Crippen molar-refractivity contribution in [3.8, 4) is 0 Å². The molecular weight excluding hydrogens is 248 g/mol. The number of thioether (sulfide) groups is 1. The Labute approximate surface area is 113 Å². The molecule has 2 aliphatic heterocycles. The van der Waals surface area contributed by atoms with Gasteiger partial charge in [0.05, 0.1) is 0 Å². The summed E-state index contributed by atoms with van der Waals surface area (Å²) >= 11 is 1.79. The normalized spacial score (nSPS) is 33.9. The molecule has 0 amide bonds. The van der Waals surface area contributed by atoms with Crippen LogP contribution >= 0.6 is 11.8 Å². The first-order valence-electron chi connectivity index (χ1n) is 6.78. The monoisotopic (exact) mass is 272 g/mol. The average Bonchev–Trinajstić information content (AvgIpc) is 2.57. The van der Waals surface area contributed by atoms with Gasteiger partial charge in [-0.25, -0.2) is 0 Å². The molecule has 0 aromatic heterocycles. The summed E-state index contributed by atoms with van der Waals surface area (Å²) in [5, 5.41) is 13.3. The molecule has 2 rings (SSSR count). The molecule has 2 aliphatic rings. The van der Waals surface area contributed by atoms with E-state index < -0.39 is 11.5 Å². The van der Waals surface area contributed by atoms with Gasteiger partial charge in [0.2, 0.25) is 0 Å². The first-order chi connectivity index (χ1) is 8.51. The Morgan fingerprint density at radius 2 is 2.11 bits per heavy atom. The third-order valence-corrected chi connectivity index (χ3v) is 5.65. The highest BCUT2D eigenvalue weighted by atomic mass is 32.2. The highest BCUT2D eigenvalue weighted by molar-refractivity contribution is 7.99. The minimum atomic E-state index is -0.693. The molecule has 18 heavy (non-hydrogen) atoms. The average molecular weight is 272 g/mol. The molecule has 2 N–H and O–H groups in total. The largest absolute Gasteiger partial charge is 0.480 e. The van der Waals surface area contributed by atoms with Crippen LogP contribution in [0.3, 0.4) is 0 Å². The molecule has 0 radical (unpaired) electrons. The van der Waals surface area contributed by atoms with Crippen molar-refractivity contribution in [3.05, 3.63) is 0 Å². The van der Waals surface area contributed by atoms with Crippen LogP contribution in [-0.2, 0) is 4.79 Å². The second-order valence-corrected chi connectivity index (χ2v) is 7.05. The minimum Gasteiger partial charge on any atom is -0.480 e. The summed E-state index contributed by atoms with van der Waals surface area (Å²) in [7, 11) is 0. The fourth-order valence-electron chi connectivity index (χ4n) is 3.18. The molecule has 0 bridgehead atoms. The van der Waals surface area contributed by atoms with Crippen molar-refractivity contribution in [1.29, 1.82) is 0 Å². The second-order valence-electron chi connectivity index (χ2n) is 5.94. The highest BCUT2D eigenvalue weighted by Gasteiger charge is 2.56. The molecule has 1 unspecified atom stereocenters. The molecular formula is C13H24N2O2S. The Hall–Kier alpha value is -0.260. The topological polar surface area (TPSA) is 52.6 Å². The van der Waals surface area contributed by atoms with Gasteiger partial charge in [-0.15, -0.1) is 0 Å². The van der Waals surface area contributed by atoms with Gasteiger partial charge in [0.15, 0.2) is 0 Å². The van der Waals surface area contributed by atoms with E-state index in [1.54, 1.807) is 11.8 Å². The molecule has 104 valence electrons. The molecule has 1 atom stereocenters. The van der Waals surface area contributed by atoms with Crippen molar-refractivity contribution >= 4 is 17.7 Å². The van der Waals surface area contributed by atoms with Crippen LogP contribution in [0.5, 0.6) is 0 Å². The van der Waals surface area contributed by atoms with Crippen molar-refractivity contribution < 1.29 is 9.90 Å². The zero-order valence-corrected chi connectivity index (χ0v) is 12.2. The van der Waals surface area contributed by atoms with Crippen molar-refractivity contribution in [2.45, 2.75) is 32.2 Å². The van der Waals surface area contributed by atoms with Gasteiger partial charge < -0.3 is 10.4 Å². The Morgan fingerprint density at radius 1 is 1.33 bits per heavy atom. The van der Waals surface area contributed by atoms with Crippen molar-refractivity contribution in [3.63, 3.8) is 0 Å². The number of nitrogens with zero attached hydrogens (tertiary/aromatic N) is 1. The predicted octanol–water partition coefficient (Wildman–Crippen LogP) is 1.27. The van der Waals surface area contributed by atoms with Gasteiger partial charge >= 0.3 is 5.97 Å². The molecule has 2 fully saturated rings. The van der Waals surface area contributed by atoms with Crippen LogP contribution in [0.15, 0.2) is 0 Å².